The van der Waals surface area contributed by atoms with Crippen LogP contribution in [0, 0.1) is 0 Å². The van der Waals surface area contributed by atoms with Gasteiger partial charge in [-0.2, -0.15) is 0 Å². The first-order valence-electron chi connectivity index (χ1n) is 5.32. The Morgan fingerprint density at radius 2 is 1.87 bits per heavy atom. The second-order valence-electron chi connectivity index (χ2n) is 2.81. The monoisotopic (exact) mass is 241 g/mol. The Bertz CT molecular complexity index is 129. The SMILES string of the molecule is CCCCOCCCN.CCO[PH](=O)O. The highest BCUT2D eigenvalue weighted by atomic mass is 31.1. The van der Waals surface area contributed by atoms with Crippen molar-refractivity contribution in [1.29, 1.82) is 0 Å². The van der Waals surface area contributed by atoms with Gasteiger partial charge < -0.3 is 19.9 Å². The average Bonchev–Trinajstić information content (AvgIpc) is 2.18. The second kappa shape index (κ2) is 16.5. The van der Waals surface area contributed by atoms with Crippen molar-refractivity contribution in [2.45, 2.75) is 33.1 Å². The molecule has 0 radical (unpaired) electrons. The summed E-state index contributed by atoms with van der Waals surface area (Å²) in [5, 5.41) is 0. The van der Waals surface area contributed by atoms with Crippen LogP contribution in [0.2, 0.25) is 0 Å². The van der Waals surface area contributed by atoms with Gasteiger partial charge >= 0.3 is 8.25 Å². The lowest BCUT2D eigenvalue weighted by Gasteiger charge is -1.99. The van der Waals surface area contributed by atoms with Crippen LogP contribution >= 0.6 is 8.25 Å². The van der Waals surface area contributed by atoms with Crippen molar-refractivity contribution in [1.82, 2.24) is 0 Å². The number of ether oxygens (including phenoxy) is 1. The summed E-state index contributed by atoms with van der Waals surface area (Å²) in [7, 11) is -2.64. The predicted molar refractivity (Wildman–Crippen MR) is 62.2 cm³/mol. The molecule has 6 heteroatoms. The minimum absolute atomic E-state index is 0.314. The molecule has 0 aromatic heterocycles. The molecule has 5 nitrogen and oxygen atoms in total. The van der Waals surface area contributed by atoms with Crippen molar-refractivity contribution in [3.63, 3.8) is 0 Å². The van der Waals surface area contributed by atoms with Gasteiger partial charge in [-0.15, -0.1) is 0 Å². The summed E-state index contributed by atoms with van der Waals surface area (Å²) < 4.78 is 18.9. The molecule has 0 fully saturated rings. The predicted octanol–water partition coefficient (Wildman–Crippen LogP) is 1.56. The molecule has 0 aliphatic rings. The van der Waals surface area contributed by atoms with Crippen LogP contribution in [0.1, 0.15) is 33.1 Å². The lowest BCUT2D eigenvalue weighted by molar-refractivity contribution is 0.130. The molecule has 0 saturated heterocycles. The normalized spacial score (nSPS) is 11.7. The van der Waals surface area contributed by atoms with Crippen molar-refractivity contribution >= 4 is 8.25 Å². The fraction of sp³-hybridized carbons (Fsp3) is 1.00. The third-order valence-corrected chi connectivity index (χ3v) is 1.94. The Kier molecular flexibility index (Phi) is 19.2. The van der Waals surface area contributed by atoms with E-state index < -0.39 is 8.25 Å². The number of hydrogen-bond donors (Lipinski definition) is 2. The van der Waals surface area contributed by atoms with Crippen LogP contribution in [0.4, 0.5) is 0 Å². The molecule has 0 rings (SSSR count). The Balaban J connectivity index is 0. The molecular weight excluding hydrogens is 217 g/mol. The van der Waals surface area contributed by atoms with Gasteiger partial charge in [0.25, 0.3) is 0 Å². The smallest absolute Gasteiger partial charge is 0.316 e. The standard InChI is InChI=1S/C7H17NO.C2H7O3P/c1-2-3-6-9-7-4-5-8;1-2-5-6(3)4/h2-8H2,1H3;6H,2H2,1H3,(H,3,4). The third-order valence-electron chi connectivity index (χ3n) is 1.40. The molecule has 0 amide bonds. The summed E-state index contributed by atoms with van der Waals surface area (Å²) in [6, 6.07) is 0. The highest BCUT2D eigenvalue weighted by Gasteiger charge is 1.84. The second-order valence-corrected chi connectivity index (χ2v) is 3.63. The van der Waals surface area contributed by atoms with Crippen molar-refractivity contribution in [3.8, 4) is 0 Å². The van der Waals surface area contributed by atoms with Gasteiger partial charge in [-0.25, -0.2) is 0 Å². The van der Waals surface area contributed by atoms with E-state index in [1.54, 1.807) is 6.92 Å². The van der Waals surface area contributed by atoms with Crippen LogP contribution in [0.3, 0.4) is 0 Å². The van der Waals surface area contributed by atoms with E-state index in [0.29, 0.717) is 6.61 Å². The number of hydrogen-bond acceptors (Lipinski definition) is 4. The van der Waals surface area contributed by atoms with Crippen LogP contribution in [-0.2, 0) is 13.8 Å². The summed E-state index contributed by atoms with van der Waals surface area (Å²) in [6.07, 6.45) is 3.37. The maximum absolute atomic E-state index is 9.56. The van der Waals surface area contributed by atoms with Crippen molar-refractivity contribution in [3.05, 3.63) is 0 Å². The van der Waals surface area contributed by atoms with E-state index >= 15 is 0 Å². The lowest BCUT2D eigenvalue weighted by Crippen LogP contribution is -2.04. The van der Waals surface area contributed by atoms with Gasteiger partial charge in [0.05, 0.1) is 6.61 Å². The largest absolute Gasteiger partial charge is 0.381 e. The molecule has 0 aliphatic carbocycles. The Hall–Kier alpha value is 0.0700. The molecule has 1 unspecified atom stereocenters. The number of unbranched alkanes of at least 4 members (excludes halogenated alkanes) is 1. The van der Waals surface area contributed by atoms with Crippen LogP contribution in [0.15, 0.2) is 0 Å². The molecule has 1 atom stereocenters. The van der Waals surface area contributed by atoms with E-state index in [4.69, 9.17) is 15.4 Å². The van der Waals surface area contributed by atoms with E-state index in [9.17, 15) is 4.57 Å². The molecule has 0 saturated carbocycles. The van der Waals surface area contributed by atoms with Gasteiger partial charge in [-0.1, -0.05) is 13.3 Å². The molecule has 94 valence electrons. The van der Waals surface area contributed by atoms with E-state index in [-0.39, 0.29) is 0 Å². The minimum Gasteiger partial charge on any atom is -0.381 e. The van der Waals surface area contributed by atoms with Crippen LogP contribution in [0.25, 0.3) is 0 Å². The maximum Gasteiger partial charge on any atom is 0.316 e. The maximum atomic E-state index is 9.56. The first-order valence-corrected chi connectivity index (χ1v) is 6.58. The summed E-state index contributed by atoms with van der Waals surface area (Å²) in [6.45, 7) is 6.61. The van der Waals surface area contributed by atoms with Crippen molar-refractivity contribution in [2.75, 3.05) is 26.4 Å². The molecule has 3 N–H and O–H groups in total. The summed E-state index contributed by atoms with van der Waals surface area (Å²) >= 11 is 0. The summed E-state index contributed by atoms with van der Waals surface area (Å²) in [4.78, 5) is 7.88. The molecule has 15 heavy (non-hydrogen) atoms. The quantitative estimate of drug-likeness (QED) is 0.497. The van der Waals surface area contributed by atoms with Gasteiger partial charge in [0, 0.05) is 13.2 Å². The fourth-order valence-corrected chi connectivity index (χ4v) is 0.904. The molecular formula is C9H24NO4P. The fourth-order valence-electron chi connectivity index (χ4n) is 0.657. The molecule has 0 aromatic rings. The zero-order valence-electron chi connectivity index (χ0n) is 9.70. The van der Waals surface area contributed by atoms with Gasteiger partial charge in [-0.05, 0) is 26.3 Å². The first-order chi connectivity index (χ1) is 7.18. The highest BCUT2D eigenvalue weighted by molar-refractivity contribution is 7.32. The summed E-state index contributed by atoms with van der Waals surface area (Å²) in [5.74, 6) is 0. The van der Waals surface area contributed by atoms with E-state index in [0.717, 1.165) is 26.2 Å². The van der Waals surface area contributed by atoms with Gasteiger partial charge in [-0.3, -0.25) is 4.57 Å². The zero-order valence-corrected chi connectivity index (χ0v) is 10.7. The lowest BCUT2D eigenvalue weighted by atomic mass is 10.4. The van der Waals surface area contributed by atoms with Gasteiger partial charge in [0.15, 0.2) is 0 Å². The summed E-state index contributed by atoms with van der Waals surface area (Å²) in [5.41, 5.74) is 5.26. The molecule has 0 spiro atoms. The van der Waals surface area contributed by atoms with Gasteiger partial charge in [0.2, 0.25) is 0 Å². The Morgan fingerprint density at radius 1 is 1.27 bits per heavy atom. The molecule has 0 aliphatic heterocycles. The number of nitrogens with two attached hydrogens (primary N) is 1. The first kappa shape index (κ1) is 17.5. The molecule has 0 bridgehead atoms. The third kappa shape index (κ3) is 24.9. The zero-order chi connectivity index (χ0) is 11.9. The van der Waals surface area contributed by atoms with Crippen LogP contribution in [-0.4, -0.2) is 31.3 Å². The number of rotatable bonds is 8. The Morgan fingerprint density at radius 3 is 2.20 bits per heavy atom. The van der Waals surface area contributed by atoms with Crippen molar-refractivity contribution in [2.24, 2.45) is 5.73 Å². The van der Waals surface area contributed by atoms with E-state index in [1.165, 1.54) is 12.8 Å². The van der Waals surface area contributed by atoms with Crippen molar-refractivity contribution < 1.29 is 18.7 Å². The van der Waals surface area contributed by atoms with E-state index in [1.807, 2.05) is 0 Å². The highest BCUT2D eigenvalue weighted by Crippen LogP contribution is 2.12. The van der Waals surface area contributed by atoms with E-state index in [2.05, 4.69) is 11.4 Å². The Labute approximate surface area is 92.9 Å². The topological polar surface area (TPSA) is 81.8 Å². The van der Waals surface area contributed by atoms with Crippen LogP contribution in [0.5, 0.6) is 0 Å². The minimum atomic E-state index is -2.64. The molecule has 0 aromatic carbocycles. The average molecular weight is 241 g/mol. The molecule has 0 heterocycles. The van der Waals surface area contributed by atoms with Gasteiger partial charge in [0.1, 0.15) is 0 Å². The van der Waals surface area contributed by atoms with Crippen LogP contribution < -0.4 is 5.73 Å².